The van der Waals surface area contributed by atoms with Gasteiger partial charge in [-0.2, -0.15) is 0 Å². The van der Waals surface area contributed by atoms with Crippen LogP contribution in [0, 0.1) is 0 Å². The first-order valence-electron chi connectivity index (χ1n) is 8.55. The SMILES string of the molecule is O=C(Cc1c[nH]c2ccccc12)N1C[C@@H](O)[C@H](N2CCOCC2)C1. The van der Waals surface area contributed by atoms with Gasteiger partial charge < -0.3 is 19.7 Å². The number of likely N-dealkylation sites (tertiary alicyclic amines) is 1. The van der Waals surface area contributed by atoms with Crippen molar-refractivity contribution in [2.24, 2.45) is 0 Å². The Morgan fingerprint density at radius 1 is 1.25 bits per heavy atom. The number of hydrogen-bond acceptors (Lipinski definition) is 4. The van der Waals surface area contributed by atoms with E-state index in [1.54, 1.807) is 4.90 Å². The van der Waals surface area contributed by atoms with Crippen LogP contribution >= 0.6 is 0 Å². The molecule has 2 aliphatic rings. The number of aromatic nitrogens is 1. The zero-order chi connectivity index (χ0) is 16.5. The van der Waals surface area contributed by atoms with E-state index in [0.29, 0.717) is 32.7 Å². The second-order valence-electron chi connectivity index (χ2n) is 6.62. The van der Waals surface area contributed by atoms with Crippen molar-refractivity contribution in [1.29, 1.82) is 0 Å². The number of carbonyl (C=O) groups is 1. The van der Waals surface area contributed by atoms with Crippen LogP contribution in [0.25, 0.3) is 10.9 Å². The van der Waals surface area contributed by atoms with Crippen molar-refractivity contribution in [2.45, 2.75) is 18.6 Å². The molecule has 0 unspecified atom stereocenters. The maximum atomic E-state index is 12.7. The van der Waals surface area contributed by atoms with Crippen LogP contribution in [0.4, 0.5) is 0 Å². The van der Waals surface area contributed by atoms with Crippen LogP contribution in [0.15, 0.2) is 30.5 Å². The summed E-state index contributed by atoms with van der Waals surface area (Å²) in [6.07, 6.45) is 1.80. The first kappa shape index (κ1) is 15.6. The third kappa shape index (κ3) is 2.92. The van der Waals surface area contributed by atoms with Gasteiger partial charge in [-0.05, 0) is 11.6 Å². The molecule has 6 nitrogen and oxygen atoms in total. The molecule has 2 atom stereocenters. The molecule has 0 radical (unpaired) electrons. The molecular weight excluding hydrogens is 306 g/mol. The van der Waals surface area contributed by atoms with Gasteiger partial charge in [0.25, 0.3) is 0 Å². The molecule has 2 aliphatic heterocycles. The molecule has 2 fully saturated rings. The van der Waals surface area contributed by atoms with Gasteiger partial charge in [0.1, 0.15) is 0 Å². The van der Waals surface area contributed by atoms with E-state index in [0.717, 1.165) is 29.6 Å². The van der Waals surface area contributed by atoms with Crippen LogP contribution in [0.1, 0.15) is 5.56 Å². The molecule has 2 N–H and O–H groups in total. The molecule has 0 aliphatic carbocycles. The van der Waals surface area contributed by atoms with Crippen molar-refractivity contribution in [3.05, 3.63) is 36.0 Å². The number of aromatic amines is 1. The number of aliphatic hydroxyl groups is 1. The minimum atomic E-state index is -0.477. The number of para-hydroxylation sites is 1. The van der Waals surface area contributed by atoms with Crippen LogP contribution in [-0.2, 0) is 16.0 Å². The van der Waals surface area contributed by atoms with Gasteiger partial charge in [0.05, 0.1) is 31.8 Å². The minimum Gasteiger partial charge on any atom is -0.390 e. The number of hydrogen-bond donors (Lipinski definition) is 2. The first-order chi connectivity index (χ1) is 11.7. The fraction of sp³-hybridized carbons (Fsp3) is 0.500. The van der Waals surface area contributed by atoms with Gasteiger partial charge in [0.2, 0.25) is 5.91 Å². The van der Waals surface area contributed by atoms with E-state index >= 15 is 0 Å². The lowest BCUT2D eigenvalue weighted by atomic mass is 10.1. The fourth-order valence-corrected chi connectivity index (χ4v) is 3.79. The Morgan fingerprint density at radius 3 is 2.88 bits per heavy atom. The summed E-state index contributed by atoms with van der Waals surface area (Å²) < 4.78 is 5.37. The van der Waals surface area contributed by atoms with E-state index in [4.69, 9.17) is 4.74 Å². The largest absolute Gasteiger partial charge is 0.390 e. The molecule has 0 bridgehead atoms. The van der Waals surface area contributed by atoms with Crippen molar-refractivity contribution in [2.75, 3.05) is 39.4 Å². The summed E-state index contributed by atoms with van der Waals surface area (Å²) in [5, 5.41) is 11.5. The number of morpholine rings is 1. The summed E-state index contributed by atoms with van der Waals surface area (Å²) in [5.41, 5.74) is 2.06. The predicted molar refractivity (Wildman–Crippen MR) is 90.8 cm³/mol. The highest BCUT2D eigenvalue weighted by atomic mass is 16.5. The molecule has 2 aromatic rings. The Bertz CT molecular complexity index is 723. The number of β-amino-alcohol motifs (C(OH)–C–C–N with tert-alkyl or cyclic N) is 1. The van der Waals surface area contributed by atoms with E-state index < -0.39 is 6.10 Å². The second kappa shape index (κ2) is 6.55. The molecule has 6 heteroatoms. The third-order valence-corrected chi connectivity index (χ3v) is 5.14. The van der Waals surface area contributed by atoms with Crippen LogP contribution in [0.3, 0.4) is 0 Å². The van der Waals surface area contributed by atoms with E-state index in [9.17, 15) is 9.90 Å². The Kier molecular flexibility index (Phi) is 4.26. The third-order valence-electron chi connectivity index (χ3n) is 5.14. The predicted octanol–water partition coefficient (Wildman–Crippen LogP) is 0.614. The topological polar surface area (TPSA) is 68.8 Å². The number of nitrogens with zero attached hydrogens (tertiary/aromatic N) is 2. The number of benzene rings is 1. The smallest absolute Gasteiger partial charge is 0.227 e. The lowest BCUT2D eigenvalue weighted by molar-refractivity contribution is -0.129. The maximum Gasteiger partial charge on any atom is 0.227 e. The molecular formula is C18H23N3O3. The van der Waals surface area contributed by atoms with E-state index in [1.807, 2.05) is 30.5 Å². The molecule has 128 valence electrons. The van der Waals surface area contributed by atoms with E-state index in [2.05, 4.69) is 9.88 Å². The molecule has 0 spiro atoms. The molecule has 24 heavy (non-hydrogen) atoms. The van der Waals surface area contributed by atoms with Crippen LogP contribution in [-0.4, -0.2) is 77.3 Å². The van der Waals surface area contributed by atoms with Crippen molar-refractivity contribution in [1.82, 2.24) is 14.8 Å². The average molecular weight is 329 g/mol. The number of nitrogens with one attached hydrogen (secondary N) is 1. The zero-order valence-corrected chi connectivity index (χ0v) is 13.6. The average Bonchev–Trinajstić information content (AvgIpc) is 3.20. The Hall–Kier alpha value is -1.89. The van der Waals surface area contributed by atoms with Gasteiger partial charge in [-0.15, -0.1) is 0 Å². The lowest BCUT2D eigenvalue weighted by Crippen LogP contribution is -2.49. The van der Waals surface area contributed by atoms with Gasteiger partial charge in [-0.25, -0.2) is 0 Å². The highest BCUT2D eigenvalue weighted by molar-refractivity contribution is 5.89. The second-order valence-corrected chi connectivity index (χ2v) is 6.62. The van der Waals surface area contributed by atoms with Crippen molar-refractivity contribution in [3.63, 3.8) is 0 Å². The summed E-state index contributed by atoms with van der Waals surface area (Å²) >= 11 is 0. The normalized spacial score (nSPS) is 25.5. The highest BCUT2D eigenvalue weighted by Gasteiger charge is 2.38. The number of rotatable bonds is 3. The van der Waals surface area contributed by atoms with Gasteiger partial charge in [-0.3, -0.25) is 9.69 Å². The molecule has 1 aromatic carbocycles. The molecule has 1 amide bonds. The Balaban J connectivity index is 1.43. The fourth-order valence-electron chi connectivity index (χ4n) is 3.79. The molecule has 3 heterocycles. The summed E-state index contributed by atoms with van der Waals surface area (Å²) in [6.45, 7) is 4.07. The highest BCUT2D eigenvalue weighted by Crippen LogP contribution is 2.22. The molecule has 0 saturated carbocycles. The molecule has 2 saturated heterocycles. The number of ether oxygens (including phenoxy) is 1. The summed E-state index contributed by atoms with van der Waals surface area (Å²) in [7, 11) is 0. The van der Waals surface area contributed by atoms with Crippen molar-refractivity contribution >= 4 is 16.8 Å². The summed E-state index contributed by atoms with van der Waals surface area (Å²) in [5.74, 6) is 0.0783. The monoisotopic (exact) mass is 329 g/mol. The van der Waals surface area contributed by atoms with Gasteiger partial charge in [-0.1, -0.05) is 18.2 Å². The number of amides is 1. The van der Waals surface area contributed by atoms with Crippen LogP contribution < -0.4 is 0 Å². The summed E-state index contributed by atoms with van der Waals surface area (Å²) in [4.78, 5) is 19.9. The number of aliphatic hydroxyl groups excluding tert-OH is 1. The van der Waals surface area contributed by atoms with Gasteiger partial charge in [0, 0.05) is 43.3 Å². The first-order valence-corrected chi connectivity index (χ1v) is 8.55. The lowest BCUT2D eigenvalue weighted by Gasteiger charge is -2.33. The van der Waals surface area contributed by atoms with Gasteiger partial charge >= 0.3 is 0 Å². The molecule has 4 rings (SSSR count). The quantitative estimate of drug-likeness (QED) is 0.866. The van der Waals surface area contributed by atoms with E-state index in [-0.39, 0.29) is 11.9 Å². The van der Waals surface area contributed by atoms with Crippen LogP contribution in [0.5, 0.6) is 0 Å². The molecule has 1 aromatic heterocycles. The number of carbonyl (C=O) groups excluding carboxylic acids is 1. The Morgan fingerprint density at radius 2 is 2.04 bits per heavy atom. The maximum absolute atomic E-state index is 12.7. The standard InChI is InChI=1S/C18H23N3O3/c22-17-12-21(11-16(17)20-5-7-24-8-6-20)18(23)9-13-10-19-15-4-2-1-3-14(13)15/h1-4,10,16-17,19,22H,5-9,11-12H2/t16-,17-/m1/s1. The van der Waals surface area contributed by atoms with Crippen molar-refractivity contribution in [3.8, 4) is 0 Å². The minimum absolute atomic E-state index is 0.0285. The Labute approximate surface area is 141 Å². The number of fused-ring (bicyclic) bond motifs is 1. The van der Waals surface area contributed by atoms with Crippen LogP contribution in [0.2, 0.25) is 0 Å². The van der Waals surface area contributed by atoms with E-state index in [1.165, 1.54) is 0 Å². The number of H-pyrrole nitrogens is 1. The van der Waals surface area contributed by atoms with Gasteiger partial charge in [0.15, 0.2) is 0 Å². The van der Waals surface area contributed by atoms with Crippen molar-refractivity contribution < 1.29 is 14.6 Å². The summed E-state index contributed by atoms with van der Waals surface area (Å²) in [6, 6.07) is 8.04. The zero-order valence-electron chi connectivity index (χ0n) is 13.6.